The molecule has 0 atom stereocenters. The van der Waals surface area contributed by atoms with Gasteiger partial charge in [-0.3, -0.25) is 0 Å². The maximum absolute atomic E-state index is 5.21. The summed E-state index contributed by atoms with van der Waals surface area (Å²) < 4.78 is 14.7. The Morgan fingerprint density at radius 3 is 2.39 bits per heavy atom. The van der Waals surface area contributed by atoms with Gasteiger partial charge in [0.1, 0.15) is 11.6 Å². The second-order valence-corrected chi connectivity index (χ2v) is 6.14. The Balaban J connectivity index is 1.56. The third-order valence-electron chi connectivity index (χ3n) is 3.97. The Kier molecular flexibility index (Phi) is 5.30. The lowest BCUT2D eigenvalue weighted by Gasteiger charge is -2.35. The van der Waals surface area contributed by atoms with Crippen molar-refractivity contribution in [3.05, 3.63) is 30.1 Å². The maximum Gasteiger partial charge on any atom is 0.205 e. The number of benzene rings is 1. The van der Waals surface area contributed by atoms with Crippen LogP contribution in [0.1, 0.15) is 5.82 Å². The van der Waals surface area contributed by atoms with Gasteiger partial charge in [-0.1, -0.05) is 0 Å². The van der Waals surface area contributed by atoms with Crippen molar-refractivity contribution in [2.45, 2.75) is 6.42 Å². The van der Waals surface area contributed by atoms with Crippen LogP contribution in [-0.2, 0) is 11.2 Å². The number of piperazine rings is 1. The van der Waals surface area contributed by atoms with E-state index in [0.717, 1.165) is 49.3 Å². The number of rotatable bonds is 6. The van der Waals surface area contributed by atoms with Crippen molar-refractivity contribution in [2.75, 3.05) is 56.8 Å². The Labute approximate surface area is 140 Å². The number of methoxy groups -OCH3 is 2. The van der Waals surface area contributed by atoms with Gasteiger partial charge in [0.2, 0.25) is 5.13 Å². The number of ether oxygens (including phenoxy) is 2. The predicted octanol–water partition coefficient (Wildman–Crippen LogP) is 2.06. The smallest absolute Gasteiger partial charge is 0.205 e. The van der Waals surface area contributed by atoms with Crippen LogP contribution in [0.15, 0.2) is 24.3 Å². The van der Waals surface area contributed by atoms with Crippen LogP contribution in [0, 0.1) is 0 Å². The predicted molar refractivity (Wildman–Crippen MR) is 92.9 cm³/mol. The molecule has 1 aromatic carbocycles. The van der Waals surface area contributed by atoms with Crippen molar-refractivity contribution < 1.29 is 9.47 Å². The zero-order valence-electron chi connectivity index (χ0n) is 13.6. The van der Waals surface area contributed by atoms with Crippen molar-refractivity contribution in [2.24, 2.45) is 0 Å². The highest BCUT2D eigenvalue weighted by molar-refractivity contribution is 7.09. The van der Waals surface area contributed by atoms with Crippen LogP contribution >= 0.6 is 11.5 Å². The number of aromatic nitrogens is 2. The van der Waals surface area contributed by atoms with Gasteiger partial charge in [-0.25, -0.2) is 4.98 Å². The molecule has 0 unspecified atom stereocenters. The average molecular weight is 334 g/mol. The van der Waals surface area contributed by atoms with Crippen LogP contribution in [0.4, 0.5) is 10.8 Å². The summed E-state index contributed by atoms with van der Waals surface area (Å²) in [6.07, 6.45) is 0.777. The second-order valence-electron chi connectivity index (χ2n) is 5.41. The molecule has 1 saturated heterocycles. The standard InChI is InChI=1S/C16H22N4O2S/c1-21-12-7-15-17-16(23-18-15)20-10-8-19(9-11-20)13-3-5-14(22-2)6-4-13/h3-6H,7-12H2,1-2H3. The summed E-state index contributed by atoms with van der Waals surface area (Å²) in [6.45, 7) is 4.57. The molecule has 3 rings (SSSR count). The molecule has 1 aromatic heterocycles. The molecule has 0 bridgehead atoms. The lowest BCUT2D eigenvalue weighted by molar-refractivity contribution is 0.201. The molecule has 23 heavy (non-hydrogen) atoms. The molecular formula is C16H22N4O2S. The summed E-state index contributed by atoms with van der Waals surface area (Å²) >= 11 is 1.48. The SMILES string of the molecule is COCCc1nsc(N2CCN(c3ccc(OC)cc3)CC2)n1. The third-order valence-corrected chi connectivity index (χ3v) is 4.79. The van der Waals surface area contributed by atoms with Gasteiger partial charge in [0, 0.05) is 56.9 Å². The van der Waals surface area contributed by atoms with Gasteiger partial charge in [-0.2, -0.15) is 4.37 Å². The zero-order chi connectivity index (χ0) is 16.1. The molecule has 1 aliphatic rings. The summed E-state index contributed by atoms with van der Waals surface area (Å²) in [7, 11) is 3.39. The summed E-state index contributed by atoms with van der Waals surface area (Å²) in [5.74, 6) is 1.77. The summed E-state index contributed by atoms with van der Waals surface area (Å²) in [4.78, 5) is 9.32. The molecule has 0 spiro atoms. The van der Waals surface area contributed by atoms with Crippen molar-refractivity contribution >= 4 is 22.4 Å². The highest BCUT2D eigenvalue weighted by atomic mass is 32.1. The van der Waals surface area contributed by atoms with Crippen molar-refractivity contribution in [1.29, 1.82) is 0 Å². The molecule has 6 nitrogen and oxygen atoms in total. The summed E-state index contributed by atoms with van der Waals surface area (Å²) in [6, 6.07) is 8.24. The summed E-state index contributed by atoms with van der Waals surface area (Å²) in [5.41, 5.74) is 1.24. The number of hydrogen-bond donors (Lipinski definition) is 0. The van der Waals surface area contributed by atoms with Gasteiger partial charge < -0.3 is 19.3 Å². The minimum Gasteiger partial charge on any atom is -0.497 e. The van der Waals surface area contributed by atoms with E-state index >= 15 is 0 Å². The fraction of sp³-hybridized carbons (Fsp3) is 0.500. The van der Waals surface area contributed by atoms with E-state index in [1.165, 1.54) is 17.2 Å². The van der Waals surface area contributed by atoms with E-state index in [0.29, 0.717) is 6.61 Å². The molecule has 124 valence electrons. The first-order valence-corrected chi connectivity index (χ1v) is 8.53. The molecule has 7 heteroatoms. The van der Waals surface area contributed by atoms with Gasteiger partial charge in [0.25, 0.3) is 0 Å². The van der Waals surface area contributed by atoms with Crippen molar-refractivity contribution in [3.63, 3.8) is 0 Å². The molecule has 1 aliphatic heterocycles. The van der Waals surface area contributed by atoms with E-state index in [9.17, 15) is 0 Å². The van der Waals surface area contributed by atoms with E-state index < -0.39 is 0 Å². The van der Waals surface area contributed by atoms with Gasteiger partial charge in [-0.05, 0) is 24.3 Å². The van der Waals surface area contributed by atoms with Crippen molar-refractivity contribution in [1.82, 2.24) is 9.36 Å². The van der Waals surface area contributed by atoms with E-state index in [-0.39, 0.29) is 0 Å². The lowest BCUT2D eigenvalue weighted by Crippen LogP contribution is -2.46. The molecule has 0 radical (unpaired) electrons. The minimum atomic E-state index is 0.668. The first-order valence-electron chi connectivity index (χ1n) is 7.75. The monoisotopic (exact) mass is 334 g/mol. The Morgan fingerprint density at radius 2 is 1.74 bits per heavy atom. The van der Waals surface area contributed by atoms with Gasteiger partial charge in [-0.15, -0.1) is 0 Å². The number of nitrogens with zero attached hydrogens (tertiary/aromatic N) is 4. The lowest BCUT2D eigenvalue weighted by atomic mass is 10.2. The van der Waals surface area contributed by atoms with Crippen LogP contribution in [0.25, 0.3) is 0 Å². The highest BCUT2D eigenvalue weighted by Gasteiger charge is 2.20. The molecule has 0 amide bonds. The highest BCUT2D eigenvalue weighted by Crippen LogP contribution is 2.23. The summed E-state index contributed by atoms with van der Waals surface area (Å²) in [5, 5.41) is 1.02. The Hall–Kier alpha value is -1.86. The normalized spacial score (nSPS) is 15.0. The molecule has 0 saturated carbocycles. The van der Waals surface area contributed by atoms with E-state index in [1.54, 1.807) is 14.2 Å². The van der Waals surface area contributed by atoms with Crippen LogP contribution in [-0.4, -0.2) is 56.4 Å². The largest absolute Gasteiger partial charge is 0.497 e. The van der Waals surface area contributed by atoms with E-state index in [2.05, 4.69) is 31.3 Å². The van der Waals surface area contributed by atoms with E-state index in [1.807, 2.05) is 12.1 Å². The molecule has 0 N–H and O–H groups in total. The Morgan fingerprint density at radius 1 is 1.04 bits per heavy atom. The number of anilines is 2. The van der Waals surface area contributed by atoms with Crippen LogP contribution in [0.5, 0.6) is 5.75 Å². The van der Waals surface area contributed by atoms with Crippen molar-refractivity contribution in [3.8, 4) is 5.75 Å². The average Bonchev–Trinajstić information content (AvgIpc) is 3.09. The van der Waals surface area contributed by atoms with Crippen LogP contribution < -0.4 is 14.5 Å². The maximum atomic E-state index is 5.21. The first kappa shape index (κ1) is 16.0. The topological polar surface area (TPSA) is 50.7 Å². The minimum absolute atomic E-state index is 0.668. The quantitative estimate of drug-likeness (QED) is 0.806. The second kappa shape index (κ2) is 7.61. The molecule has 2 heterocycles. The Bertz CT molecular complexity index is 609. The molecule has 1 fully saturated rings. The fourth-order valence-corrected chi connectivity index (χ4v) is 3.38. The molecule has 0 aliphatic carbocycles. The molecular weight excluding hydrogens is 312 g/mol. The van der Waals surface area contributed by atoms with Gasteiger partial charge in [0.15, 0.2) is 0 Å². The molecule has 2 aromatic rings. The first-order chi connectivity index (χ1) is 11.3. The zero-order valence-corrected chi connectivity index (χ0v) is 14.4. The fourth-order valence-electron chi connectivity index (χ4n) is 2.62. The van der Waals surface area contributed by atoms with E-state index in [4.69, 9.17) is 9.47 Å². The van der Waals surface area contributed by atoms with Crippen LogP contribution in [0.2, 0.25) is 0 Å². The third kappa shape index (κ3) is 3.92. The number of hydrogen-bond acceptors (Lipinski definition) is 7. The van der Waals surface area contributed by atoms with Gasteiger partial charge in [0.05, 0.1) is 13.7 Å². The van der Waals surface area contributed by atoms with Crippen LogP contribution in [0.3, 0.4) is 0 Å². The van der Waals surface area contributed by atoms with Gasteiger partial charge >= 0.3 is 0 Å².